The number of rotatable bonds is 5. The first-order valence-electron chi connectivity index (χ1n) is 6.91. The molecule has 22 heavy (non-hydrogen) atoms. The number of benzene rings is 1. The molecule has 1 fully saturated rings. The van der Waals surface area contributed by atoms with Crippen molar-refractivity contribution in [3.63, 3.8) is 0 Å². The molecule has 2 aromatic heterocycles. The molecule has 0 radical (unpaired) electrons. The van der Waals surface area contributed by atoms with Crippen LogP contribution in [0.25, 0.3) is 11.3 Å². The highest BCUT2D eigenvalue weighted by Gasteiger charge is 2.28. The van der Waals surface area contributed by atoms with E-state index in [1.165, 1.54) is 11.8 Å². The van der Waals surface area contributed by atoms with Crippen molar-refractivity contribution in [1.29, 1.82) is 0 Å². The van der Waals surface area contributed by atoms with E-state index in [0.717, 1.165) is 29.3 Å². The summed E-state index contributed by atoms with van der Waals surface area (Å²) in [5.41, 5.74) is 0.955. The highest BCUT2D eigenvalue weighted by atomic mass is 35.5. The minimum Gasteiger partial charge on any atom is -0.440 e. The van der Waals surface area contributed by atoms with E-state index >= 15 is 0 Å². The van der Waals surface area contributed by atoms with Crippen molar-refractivity contribution < 1.29 is 4.42 Å². The molecule has 112 valence electrons. The van der Waals surface area contributed by atoms with E-state index in [-0.39, 0.29) is 0 Å². The molecule has 1 aromatic carbocycles. The van der Waals surface area contributed by atoms with Crippen molar-refractivity contribution in [1.82, 2.24) is 25.2 Å². The Morgan fingerprint density at radius 3 is 2.86 bits per heavy atom. The summed E-state index contributed by atoms with van der Waals surface area (Å²) in [6.07, 6.45) is 4.03. The van der Waals surface area contributed by atoms with Crippen molar-refractivity contribution in [3.05, 3.63) is 41.4 Å². The number of halogens is 1. The Morgan fingerprint density at radius 1 is 1.27 bits per heavy atom. The SMILES string of the molecule is Clc1ccc(-c2cnc(CSc3nnnn3C3CC3)o2)cc1. The molecule has 0 spiro atoms. The summed E-state index contributed by atoms with van der Waals surface area (Å²) in [6, 6.07) is 7.95. The monoisotopic (exact) mass is 333 g/mol. The molecule has 0 bridgehead atoms. The fourth-order valence-corrected chi connectivity index (χ4v) is 3.00. The molecular formula is C14H12ClN5OS. The lowest BCUT2D eigenvalue weighted by atomic mass is 10.2. The third-order valence-corrected chi connectivity index (χ3v) is 4.53. The summed E-state index contributed by atoms with van der Waals surface area (Å²) < 4.78 is 7.65. The number of hydrogen-bond acceptors (Lipinski definition) is 6. The highest BCUT2D eigenvalue weighted by molar-refractivity contribution is 7.98. The molecule has 1 aliphatic rings. The van der Waals surface area contributed by atoms with Crippen LogP contribution in [0.3, 0.4) is 0 Å². The minimum atomic E-state index is 0.465. The number of tetrazole rings is 1. The number of hydrogen-bond donors (Lipinski definition) is 0. The lowest BCUT2D eigenvalue weighted by Gasteiger charge is -2.00. The normalized spacial score (nSPS) is 14.4. The smallest absolute Gasteiger partial charge is 0.210 e. The van der Waals surface area contributed by atoms with Crippen molar-refractivity contribution in [2.75, 3.05) is 0 Å². The van der Waals surface area contributed by atoms with Crippen molar-refractivity contribution >= 4 is 23.4 Å². The second kappa shape index (κ2) is 5.73. The molecule has 0 N–H and O–H groups in total. The van der Waals surface area contributed by atoms with Crippen LogP contribution in [-0.4, -0.2) is 25.2 Å². The zero-order valence-corrected chi connectivity index (χ0v) is 13.1. The molecule has 0 aliphatic heterocycles. The van der Waals surface area contributed by atoms with Gasteiger partial charge in [0.05, 0.1) is 18.0 Å². The van der Waals surface area contributed by atoms with Crippen LogP contribution in [0.4, 0.5) is 0 Å². The average molecular weight is 334 g/mol. The predicted molar refractivity (Wildman–Crippen MR) is 82.6 cm³/mol. The molecule has 3 aromatic rings. The van der Waals surface area contributed by atoms with Crippen LogP contribution in [0.1, 0.15) is 24.8 Å². The first kappa shape index (κ1) is 13.8. The van der Waals surface area contributed by atoms with Crippen LogP contribution in [-0.2, 0) is 5.75 Å². The molecule has 2 heterocycles. The fraction of sp³-hybridized carbons (Fsp3) is 0.286. The van der Waals surface area contributed by atoms with E-state index in [2.05, 4.69) is 20.5 Å². The first-order chi connectivity index (χ1) is 10.8. The minimum absolute atomic E-state index is 0.465. The van der Waals surface area contributed by atoms with Crippen LogP contribution in [0.15, 0.2) is 40.0 Å². The Labute approximate surface area is 135 Å². The maximum absolute atomic E-state index is 5.89. The number of nitrogens with zero attached hydrogens (tertiary/aromatic N) is 5. The molecule has 0 amide bonds. The molecule has 0 atom stereocenters. The first-order valence-corrected chi connectivity index (χ1v) is 8.27. The lowest BCUT2D eigenvalue weighted by Crippen LogP contribution is -1.98. The van der Waals surface area contributed by atoms with Gasteiger partial charge in [-0.3, -0.25) is 0 Å². The number of aromatic nitrogens is 5. The number of thioether (sulfide) groups is 1. The second-order valence-corrected chi connectivity index (χ2v) is 6.43. The molecule has 8 heteroatoms. The maximum atomic E-state index is 5.89. The van der Waals surface area contributed by atoms with Crippen LogP contribution in [0, 0.1) is 0 Å². The molecule has 0 unspecified atom stereocenters. The van der Waals surface area contributed by atoms with Crippen LogP contribution in [0.5, 0.6) is 0 Å². The van der Waals surface area contributed by atoms with Gasteiger partial charge in [-0.2, -0.15) is 0 Å². The molecule has 6 nitrogen and oxygen atoms in total. The third-order valence-electron chi connectivity index (χ3n) is 3.36. The van der Waals surface area contributed by atoms with Crippen LogP contribution >= 0.6 is 23.4 Å². The van der Waals surface area contributed by atoms with Crippen molar-refractivity contribution in [2.45, 2.75) is 29.8 Å². The second-order valence-electron chi connectivity index (χ2n) is 5.05. The van der Waals surface area contributed by atoms with E-state index < -0.39 is 0 Å². The maximum Gasteiger partial charge on any atom is 0.210 e. The lowest BCUT2D eigenvalue weighted by molar-refractivity contribution is 0.528. The largest absolute Gasteiger partial charge is 0.440 e. The Kier molecular flexibility index (Phi) is 3.59. The van der Waals surface area contributed by atoms with Gasteiger partial charge in [-0.15, -0.1) is 5.10 Å². The van der Waals surface area contributed by atoms with E-state index in [1.54, 1.807) is 6.20 Å². The zero-order valence-electron chi connectivity index (χ0n) is 11.5. The summed E-state index contributed by atoms with van der Waals surface area (Å²) in [7, 11) is 0. The zero-order chi connectivity index (χ0) is 14.9. The van der Waals surface area contributed by atoms with Crippen LogP contribution < -0.4 is 0 Å². The Morgan fingerprint density at radius 2 is 2.09 bits per heavy atom. The Hall–Kier alpha value is -1.86. The van der Waals surface area contributed by atoms with E-state index in [1.807, 2.05) is 28.9 Å². The summed E-state index contributed by atoms with van der Waals surface area (Å²) in [6.45, 7) is 0. The quantitative estimate of drug-likeness (QED) is 0.664. The molecule has 0 saturated heterocycles. The molecule has 4 rings (SSSR count). The molecule has 1 aliphatic carbocycles. The van der Waals surface area contributed by atoms with E-state index in [4.69, 9.17) is 16.0 Å². The summed E-state index contributed by atoms with van der Waals surface area (Å²) in [4.78, 5) is 4.31. The van der Waals surface area contributed by atoms with E-state index in [0.29, 0.717) is 22.7 Å². The average Bonchev–Trinajstić information content (AvgIpc) is 3.09. The topological polar surface area (TPSA) is 69.6 Å². The molecular weight excluding hydrogens is 322 g/mol. The molecule has 1 saturated carbocycles. The van der Waals surface area contributed by atoms with E-state index in [9.17, 15) is 0 Å². The van der Waals surface area contributed by atoms with Gasteiger partial charge in [0.2, 0.25) is 11.0 Å². The number of oxazole rings is 1. The van der Waals surface area contributed by atoms with Crippen LogP contribution in [0.2, 0.25) is 5.02 Å². The fourth-order valence-electron chi connectivity index (χ4n) is 2.08. The van der Waals surface area contributed by atoms with Gasteiger partial charge in [0.15, 0.2) is 5.76 Å². The van der Waals surface area contributed by atoms with Gasteiger partial charge >= 0.3 is 0 Å². The van der Waals surface area contributed by atoms with Gasteiger partial charge in [0, 0.05) is 10.6 Å². The predicted octanol–water partition coefficient (Wildman–Crippen LogP) is 3.61. The highest BCUT2D eigenvalue weighted by Crippen LogP contribution is 2.37. The van der Waals surface area contributed by atoms with Gasteiger partial charge in [-0.25, -0.2) is 9.67 Å². The van der Waals surface area contributed by atoms with Gasteiger partial charge in [0.25, 0.3) is 0 Å². The third kappa shape index (κ3) is 2.86. The van der Waals surface area contributed by atoms with Gasteiger partial charge in [-0.05, 0) is 47.5 Å². The standard InChI is InChI=1S/C14H12ClN5OS/c15-10-3-1-9(2-4-10)12-7-16-13(21-12)8-22-14-17-18-19-20(14)11-5-6-11/h1-4,7,11H,5-6,8H2. The summed E-state index contributed by atoms with van der Waals surface area (Å²) >= 11 is 7.42. The van der Waals surface area contributed by atoms with Crippen molar-refractivity contribution in [2.24, 2.45) is 0 Å². The van der Waals surface area contributed by atoms with Gasteiger partial charge in [-0.1, -0.05) is 23.4 Å². The van der Waals surface area contributed by atoms with Crippen molar-refractivity contribution in [3.8, 4) is 11.3 Å². The van der Waals surface area contributed by atoms with Gasteiger partial charge in [0.1, 0.15) is 0 Å². The Bertz CT molecular complexity index is 781. The van der Waals surface area contributed by atoms with Gasteiger partial charge < -0.3 is 4.42 Å². The summed E-state index contributed by atoms with van der Waals surface area (Å²) in [5.74, 6) is 1.98. The Balaban J connectivity index is 1.45. The summed E-state index contributed by atoms with van der Waals surface area (Å²) in [5, 5.41) is 13.3.